The monoisotopic (exact) mass is 444 g/mol. The van der Waals surface area contributed by atoms with E-state index in [9.17, 15) is 14.0 Å². The largest absolute Gasteiger partial charge is 0.348 e. The number of aromatic amines is 1. The molecule has 1 atom stereocenters. The lowest BCUT2D eigenvalue weighted by atomic mass is 10.0. The number of hydrogen-bond acceptors (Lipinski definition) is 3. The van der Waals surface area contributed by atoms with Gasteiger partial charge in [0.1, 0.15) is 17.5 Å². The summed E-state index contributed by atoms with van der Waals surface area (Å²) in [5, 5.41) is 6.76. The fourth-order valence-corrected chi connectivity index (χ4v) is 4.31. The Morgan fingerprint density at radius 1 is 1.10 bits per heavy atom. The molecule has 6 nitrogen and oxygen atoms in total. The van der Waals surface area contributed by atoms with Crippen molar-refractivity contribution in [2.24, 2.45) is 5.92 Å². The van der Waals surface area contributed by atoms with Gasteiger partial charge in [-0.25, -0.2) is 23.2 Å². The fraction of sp³-hybridized carbons (Fsp3) is 0.318. The molecule has 1 saturated heterocycles. The second-order valence-electron chi connectivity index (χ2n) is 8.06. The summed E-state index contributed by atoms with van der Waals surface area (Å²) < 4.78 is 30.5. The Labute approximate surface area is 181 Å². The van der Waals surface area contributed by atoms with Crippen molar-refractivity contribution in [3.63, 3.8) is 0 Å². The molecule has 1 unspecified atom stereocenters. The molecular formula is C22H19ClF2N4O2. The molecule has 31 heavy (non-hydrogen) atoms. The number of carbonyl (C=O) groups excluding carboxylic acids is 1. The Hall–Kier alpha value is -3.00. The Morgan fingerprint density at radius 3 is 2.61 bits per heavy atom. The SMILES string of the molecule is O=C(C1CC1)N1CCC(c2n[nH]c(=O)n2-c2ccc(-c3ccc(Cl)cc3F)cc2F)C1. The molecule has 9 heteroatoms. The minimum atomic E-state index is -0.680. The van der Waals surface area contributed by atoms with Gasteiger partial charge in [-0.15, -0.1) is 0 Å². The van der Waals surface area contributed by atoms with E-state index in [1.807, 2.05) is 0 Å². The first-order valence-electron chi connectivity index (χ1n) is 10.1. The topological polar surface area (TPSA) is 71.0 Å². The van der Waals surface area contributed by atoms with Gasteiger partial charge >= 0.3 is 5.69 Å². The molecule has 0 spiro atoms. The third kappa shape index (κ3) is 3.65. The molecule has 1 N–H and O–H groups in total. The van der Waals surface area contributed by atoms with Crippen LogP contribution in [0.3, 0.4) is 0 Å². The summed E-state index contributed by atoms with van der Waals surface area (Å²) >= 11 is 5.79. The van der Waals surface area contributed by atoms with E-state index in [-0.39, 0.29) is 34.0 Å². The van der Waals surface area contributed by atoms with Gasteiger partial charge in [-0.1, -0.05) is 17.7 Å². The Morgan fingerprint density at radius 2 is 1.90 bits per heavy atom. The van der Waals surface area contributed by atoms with Crippen LogP contribution in [0.4, 0.5) is 8.78 Å². The summed E-state index contributed by atoms with van der Waals surface area (Å²) in [5.41, 5.74) is 0.000327. The third-order valence-electron chi connectivity index (χ3n) is 5.92. The van der Waals surface area contributed by atoms with Crippen LogP contribution in [0.25, 0.3) is 16.8 Å². The van der Waals surface area contributed by atoms with E-state index < -0.39 is 17.3 Å². The number of carbonyl (C=O) groups is 1. The number of nitrogens with zero attached hydrogens (tertiary/aromatic N) is 3. The highest BCUT2D eigenvalue weighted by atomic mass is 35.5. The normalized spacial score (nSPS) is 18.5. The maximum absolute atomic E-state index is 15.1. The van der Waals surface area contributed by atoms with Crippen LogP contribution < -0.4 is 5.69 Å². The first-order valence-corrected chi connectivity index (χ1v) is 10.5. The fourth-order valence-electron chi connectivity index (χ4n) is 4.15. The highest BCUT2D eigenvalue weighted by Gasteiger charge is 2.38. The zero-order valence-electron chi connectivity index (χ0n) is 16.4. The standard InChI is InChI=1S/C22H19ClF2N4O2/c23-15-4-5-16(17(24)10-15)13-3-6-19(18(25)9-13)29-20(26-27-22(29)31)14-7-8-28(11-14)21(30)12-1-2-12/h3-6,9-10,12,14H,1-2,7-8,11H2,(H,27,31). The van der Waals surface area contributed by atoms with Gasteiger partial charge in [0.2, 0.25) is 5.91 Å². The Balaban J connectivity index is 1.46. The van der Waals surface area contributed by atoms with Crippen LogP contribution >= 0.6 is 11.6 Å². The predicted octanol–water partition coefficient (Wildman–Crippen LogP) is 3.89. The highest BCUT2D eigenvalue weighted by Crippen LogP contribution is 2.35. The van der Waals surface area contributed by atoms with E-state index in [0.717, 1.165) is 18.9 Å². The van der Waals surface area contributed by atoms with E-state index >= 15 is 4.39 Å². The number of halogens is 3. The summed E-state index contributed by atoms with van der Waals surface area (Å²) in [4.78, 5) is 26.6. The molecular weight excluding hydrogens is 426 g/mol. The summed E-state index contributed by atoms with van der Waals surface area (Å²) in [6, 6.07) is 8.33. The number of rotatable bonds is 4. The zero-order valence-corrected chi connectivity index (χ0v) is 17.2. The van der Waals surface area contributed by atoms with E-state index in [4.69, 9.17) is 11.6 Å². The van der Waals surface area contributed by atoms with Crippen LogP contribution in [0.2, 0.25) is 5.02 Å². The number of likely N-dealkylation sites (tertiary alicyclic amines) is 1. The van der Waals surface area contributed by atoms with Crippen molar-refractivity contribution in [3.05, 3.63) is 69.4 Å². The van der Waals surface area contributed by atoms with Crippen LogP contribution in [-0.2, 0) is 4.79 Å². The van der Waals surface area contributed by atoms with Crippen molar-refractivity contribution < 1.29 is 13.6 Å². The molecule has 3 aromatic rings. The van der Waals surface area contributed by atoms with Gasteiger partial charge in [0.15, 0.2) is 0 Å². The second kappa shape index (κ2) is 7.60. The van der Waals surface area contributed by atoms with E-state index in [1.165, 1.54) is 28.8 Å². The van der Waals surface area contributed by atoms with Crippen LogP contribution in [0.5, 0.6) is 0 Å². The van der Waals surface area contributed by atoms with Gasteiger partial charge in [-0.05, 0) is 55.2 Å². The maximum atomic E-state index is 15.1. The van der Waals surface area contributed by atoms with Crippen molar-refractivity contribution in [2.75, 3.05) is 13.1 Å². The number of amides is 1. The minimum absolute atomic E-state index is 0.0267. The third-order valence-corrected chi connectivity index (χ3v) is 6.16. The summed E-state index contributed by atoms with van der Waals surface area (Å²) in [7, 11) is 0. The minimum Gasteiger partial charge on any atom is -0.342 e. The van der Waals surface area contributed by atoms with Gasteiger partial charge < -0.3 is 4.90 Å². The van der Waals surface area contributed by atoms with Crippen molar-refractivity contribution in [3.8, 4) is 16.8 Å². The first-order chi connectivity index (χ1) is 14.9. The number of aromatic nitrogens is 3. The number of benzene rings is 2. The molecule has 0 bridgehead atoms. The summed E-state index contributed by atoms with van der Waals surface area (Å²) in [6.45, 7) is 1.05. The van der Waals surface area contributed by atoms with Gasteiger partial charge in [0.05, 0.1) is 5.69 Å². The van der Waals surface area contributed by atoms with Crippen LogP contribution in [0.15, 0.2) is 41.2 Å². The quantitative estimate of drug-likeness (QED) is 0.663. The molecule has 1 aromatic heterocycles. The average molecular weight is 445 g/mol. The van der Waals surface area contributed by atoms with Crippen LogP contribution in [0.1, 0.15) is 31.0 Å². The molecule has 2 fully saturated rings. The van der Waals surface area contributed by atoms with Gasteiger partial charge in [-0.2, -0.15) is 5.10 Å². The molecule has 1 amide bonds. The van der Waals surface area contributed by atoms with Crippen molar-refractivity contribution in [1.29, 1.82) is 0 Å². The molecule has 5 rings (SSSR count). The lowest BCUT2D eigenvalue weighted by molar-refractivity contribution is -0.131. The van der Waals surface area contributed by atoms with Gasteiger partial charge in [0, 0.05) is 35.5 Å². The van der Waals surface area contributed by atoms with E-state index in [1.54, 1.807) is 11.0 Å². The van der Waals surface area contributed by atoms with Crippen molar-refractivity contribution in [2.45, 2.75) is 25.2 Å². The van der Waals surface area contributed by atoms with Crippen molar-refractivity contribution in [1.82, 2.24) is 19.7 Å². The van der Waals surface area contributed by atoms with Crippen LogP contribution in [0, 0.1) is 17.6 Å². The average Bonchev–Trinajstić information content (AvgIpc) is 3.35. The predicted molar refractivity (Wildman–Crippen MR) is 111 cm³/mol. The lowest BCUT2D eigenvalue weighted by Crippen LogP contribution is -2.30. The molecule has 0 radical (unpaired) electrons. The molecule has 2 heterocycles. The molecule has 1 aliphatic carbocycles. The maximum Gasteiger partial charge on any atom is 0.348 e. The lowest BCUT2D eigenvalue weighted by Gasteiger charge is -2.16. The molecule has 2 aromatic carbocycles. The summed E-state index contributed by atoms with van der Waals surface area (Å²) in [5.74, 6) is -0.756. The van der Waals surface area contributed by atoms with Crippen LogP contribution in [-0.4, -0.2) is 38.7 Å². The zero-order chi connectivity index (χ0) is 21.7. The second-order valence-corrected chi connectivity index (χ2v) is 8.49. The molecule has 160 valence electrons. The molecule has 1 saturated carbocycles. The Bertz CT molecular complexity index is 1230. The number of hydrogen-bond donors (Lipinski definition) is 1. The van der Waals surface area contributed by atoms with Gasteiger partial charge in [-0.3, -0.25) is 4.79 Å². The van der Waals surface area contributed by atoms with E-state index in [2.05, 4.69) is 10.2 Å². The number of nitrogens with one attached hydrogen (secondary N) is 1. The van der Waals surface area contributed by atoms with Gasteiger partial charge in [0.25, 0.3) is 0 Å². The molecule has 2 aliphatic rings. The number of H-pyrrole nitrogens is 1. The van der Waals surface area contributed by atoms with Crippen molar-refractivity contribution >= 4 is 17.5 Å². The molecule has 1 aliphatic heterocycles. The Kier molecular flexibility index (Phi) is 4.89. The first kappa shape index (κ1) is 19.9. The summed E-state index contributed by atoms with van der Waals surface area (Å²) in [6.07, 6.45) is 2.51. The smallest absolute Gasteiger partial charge is 0.342 e. The van der Waals surface area contributed by atoms with E-state index in [0.29, 0.717) is 30.9 Å². The highest BCUT2D eigenvalue weighted by molar-refractivity contribution is 6.30.